The third-order valence-corrected chi connectivity index (χ3v) is 6.32. The van der Waals surface area contributed by atoms with Gasteiger partial charge in [0.15, 0.2) is 11.5 Å². The Hall–Kier alpha value is -2.42. The molecule has 0 atom stereocenters. The highest BCUT2D eigenvalue weighted by molar-refractivity contribution is 7.89. The van der Waals surface area contributed by atoms with Gasteiger partial charge in [-0.3, -0.25) is 4.79 Å². The predicted octanol–water partition coefficient (Wildman–Crippen LogP) is 3.15. The molecule has 28 heavy (non-hydrogen) atoms. The summed E-state index contributed by atoms with van der Waals surface area (Å²) in [5, 5.41) is 5.16. The number of nitrogens with two attached hydrogens (primary N) is 1. The fourth-order valence-corrected chi connectivity index (χ4v) is 4.50. The lowest BCUT2D eigenvalue weighted by atomic mass is 9.96. The molecule has 1 aliphatic heterocycles. The number of likely N-dealkylation sites (tertiary alicyclic amines) is 1. The molecule has 0 radical (unpaired) electrons. The van der Waals surface area contributed by atoms with Gasteiger partial charge in [-0.25, -0.2) is 18.5 Å². The number of amides is 1. The predicted molar refractivity (Wildman–Crippen MR) is 105 cm³/mol. The van der Waals surface area contributed by atoms with Crippen molar-refractivity contribution in [1.29, 1.82) is 0 Å². The largest absolute Gasteiger partial charge is 0.440 e. The fraction of sp³-hybridized carbons (Fsp3) is 0.263. The summed E-state index contributed by atoms with van der Waals surface area (Å²) < 4.78 is 29.1. The Bertz CT molecular complexity index is 1120. The molecule has 1 aromatic heterocycles. The van der Waals surface area contributed by atoms with E-state index in [1.807, 2.05) is 24.3 Å². The molecule has 1 saturated heterocycles. The molecule has 4 rings (SSSR count). The SMILES string of the molecule is NS(=O)(=O)c1cc(C(=O)N2CCC(c3nc4ccccc4o3)CC2)ccc1Cl. The molecule has 0 unspecified atom stereocenters. The first-order chi connectivity index (χ1) is 13.3. The van der Waals surface area contributed by atoms with Crippen LogP contribution in [-0.4, -0.2) is 37.3 Å². The molecule has 0 spiro atoms. The number of benzene rings is 2. The van der Waals surface area contributed by atoms with Crippen LogP contribution in [0.5, 0.6) is 0 Å². The summed E-state index contributed by atoms with van der Waals surface area (Å²) >= 11 is 5.89. The Labute approximate surface area is 167 Å². The lowest BCUT2D eigenvalue weighted by Crippen LogP contribution is -2.38. The number of oxazole rings is 1. The molecule has 2 aromatic carbocycles. The van der Waals surface area contributed by atoms with Gasteiger partial charge >= 0.3 is 0 Å². The van der Waals surface area contributed by atoms with Gasteiger partial charge in [0.2, 0.25) is 10.0 Å². The molecule has 0 saturated carbocycles. The Balaban J connectivity index is 1.48. The van der Waals surface area contributed by atoms with Crippen molar-refractivity contribution in [2.24, 2.45) is 5.14 Å². The molecule has 7 nitrogen and oxygen atoms in total. The van der Waals surface area contributed by atoms with E-state index in [2.05, 4.69) is 4.98 Å². The van der Waals surface area contributed by atoms with Crippen molar-refractivity contribution in [3.05, 3.63) is 58.9 Å². The van der Waals surface area contributed by atoms with E-state index < -0.39 is 10.0 Å². The summed E-state index contributed by atoms with van der Waals surface area (Å²) in [7, 11) is -4.00. The maximum absolute atomic E-state index is 12.8. The Morgan fingerprint density at radius 3 is 2.57 bits per heavy atom. The molecular formula is C19H18ClN3O4S. The average molecular weight is 420 g/mol. The van der Waals surface area contributed by atoms with Crippen LogP contribution in [0.1, 0.15) is 35.0 Å². The molecular weight excluding hydrogens is 402 g/mol. The third kappa shape index (κ3) is 3.63. The van der Waals surface area contributed by atoms with Gasteiger partial charge in [-0.15, -0.1) is 0 Å². The molecule has 0 aliphatic carbocycles. The maximum Gasteiger partial charge on any atom is 0.253 e. The van der Waals surface area contributed by atoms with E-state index >= 15 is 0 Å². The number of piperidine rings is 1. The van der Waals surface area contributed by atoms with Crippen LogP contribution in [-0.2, 0) is 10.0 Å². The molecule has 3 aromatic rings. The minimum absolute atomic E-state index is 0.00582. The van der Waals surface area contributed by atoms with Crippen LogP contribution in [0, 0.1) is 0 Å². The second kappa shape index (κ2) is 7.20. The second-order valence-electron chi connectivity index (χ2n) is 6.78. The third-order valence-electron chi connectivity index (χ3n) is 4.93. The normalized spacial score (nSPS) is 15.9. The minimum atomic E-state index is -4.00. The Morgan fingerprint density at radius 2 is 1.89 bits per heavy atom. The highest BCUT2D eigenvalue weighted by Gasteiger charge is 2.28. The zero-order valence-electron chi connectivity index (χ0n) is 14.8. The lowest BCUT2D eigenvalue weighted by molar-refractivity contribution is 0.0706. The molecule has 0 bridgehead atoms. The number of carbonyl (C=O) groups excluding carboxylic acids is 1. The van der Waals surface area contributed by atoms with Crippen molar-refractivity contribution in [2.45, 2.75) is 23.7 Å². The number of halogens is 1. The quantitative estimate of drug-likeness (QED) is 0.701. The van der Waals surface area contributed by atoms with E-state index in [1.165, 1.54) is 18.2 Å². The van der Waals surface area contributed by atoms with E-state index in [9.17, 15) is 13.2 Å². The van der Waals surface area contributed by atoms with Gasteiger partial charge in [0, 0.05) is 24.6 Å². The van der Waals surface area contributed by atoms with E-state index in [1.54, 1.807) is 4.90 Å². The van der Waals surface area contributed by atoms with Crippen molar-refractivity contribution in [3.8, 4) is 0 Å². The maximum atomic E-state index is 12.8. The molecule has 146 valence electrons. The van der Waals surface area contributed by atoms with Crippen molar-refractivity contribution in [2.75, 3.05) is 13.1 Å². The van der Waals surface area contributed by atoms with Gasteiger partial charge in [0.05, 0.1) is 5.02 Å². The number of nitrogens with zero attached hydrogens (tertiary/aromatic N) is 2. The first kappa shape index (κ1) is 18.9. The van der Waals surface area contributed by atoms with Crippen molar-refractivity contribution >= 4 is 38.6 Å². The summed E-state index contributed by atoms with van der Waals surface area (Å²) in [6, 6.07) is 11.7. The van der Waals surface area contributed by atoms with Crippen LogP contribution >= 0.6 is 11.6 Å². The number of aromatic nitrogens is 1. The second-order valence-corrected chi connectivity index (χ2v) is 8.71. The van der Waals surface area contributed by atoms with Gasteiger partial charge in [0.1, 0.15) is 10.4 Å². The van der Waals surface area contributed by atoms with Gasteiger partial charge in [-0.05, 0) is 43.2 Å². The number of fused-ring (bicyclic) bond motifs is 1. The molecule has 9 heteroatoms. The fourth-order valence-electron chi connectivity index (χ4n) is 3.43. The first-order valence-electron chi connectivity index (χ1n) is 8.80. The standard InChI is InChI=1S/C19H18ClN3O4S/c20-14-6-5-13(11-17(14)28(21,25)26)19(24)23-9-7-12(8-10-23)18-22-15-3-1-2-4-16(15)27-18/h1-6,11-12H,7-10H2,(H2,21,25,26). The van der Waals surface area contributed by atoms with Crippen molar-refractivity contribution in [3.63, 3.8) is 0 Å². The van der Waals surface area contributed by atoms with E-state index in [4.69, 9.17) is 21.2 Å². The van der Waals surface area contributed by atoms with Gasteiger partial charge in [0.25, 0.3) is 5.91 Å². The summed E-state index contributed by atoms with van der Waals surface area (Å²) in [6.45, 7) is 1.05. The van der Waals surface area contributed by atoms with Gasteiger partial charge in [-0.2, -0.15) is 0 Å². The molecule has 1 amide bonds. The number of rotatable bonds is 3. The van der Waals surface area contributed by atoms with Crippen LogP contribution in [0.15, 0.2) is 51.8 Å². The molecule has 1 fully saturated rings. The van der Waals surface area contributed by atoms with Crippen LogP contribution in [0.4, 0.5) is 0 Å². The summed E-state index contributed by atoms with van der Waals surface area (Å²) in [5.41, 5.74) is 1.83. The van der Waals surface area contributed by atoms with Crippen LogP contribution < -0.4 is 5.14 Å². The number of para-hydroxylation sites is 2. The smallest absolute Gasteiger partial charge is 0.253 e. The zero-order chi connectivity index (χ0) is 19.9. The highest BCUT2D eigenvalue weighted by Crippen LogP contribution is 2.31. The summed E-state index contributed by atoms with van der Waals surface area (Å²) in [4.78, 5) is 18.8. The minimum Gasteiger partial charge on any atom is -0.440 e. The van der Waals surface area contributed by atoms with E-state index in [0.717, 1.165) is 11.1 Å². The zero-order valence-corrected chi connectivity index (χ0v) is 16.4. The lowest BCUT2D eigenvalue weighted by Gasteiger charge is -2.30. The van der Waals surface area contributed by atoms with Crippen molar-refractivity contribution < 1.29 is 17.6 Å². The number of carbonyl (C=O) groups is 1. The molecule has 2 heterocycles. The topological polar surface area (TPSA) is 106 Å². The number of hydrogen-bond acceptors (Lipinski definition) is 5. The van der Waals surface area contributed by atoms with Crippen LogP contribution in [0.2, 0.25) is 5.02 Å². The molecule has 1 aliphatic rings. The van der Waals surface area contributed by atoms with Gasteiger partial charge in [-0.1, -0.05) is 23.7 Å². The average Bonchev–Trinajstić information content (AvgIpc) is 3.11. The summed E-state index contributed by atoms with van der Waals surface area (Å²) in [6.07, 6.45) is 1.43. The Kier molecular flexibility index (Phi) is 4.86. The van der Waals surface area contributed by atoms with Crippen molar-refractivity contribution in [1.82, 2.24) is 9.88 Å². The van der Waals surface area contributed by atoms with Crippen LogP contribution in [0.25, 0.3) is 11.1 Å². The number of hydrogen-bond donors (Lipinski definition) is 1. The van der Waals surface area contributed by atoms with E-state index in [0.29, 0.717) is 31.8 Å². The summed E-state index contributed by atoms with van der Waals surface area (Å²) in [5.74, 6) is 0.579. The van der Waals surface area contributed by atoms with Gasteiger partial charge < -0.3 is 9.32 Å². The highest BCUT2D eigenvalue weighted by atomic mass is 35.5. The monoisotopic (exact) mass is 419 g/mol. The molecule has 2 N–H and O–H groups in total. The number of sulfonamides is 1. The Morgan fingerprint density at radius 1 is 1.18 bits per heavy atom. The number of primary sulfonamides is 1. The first-order valence-corrected chi connectivity index (χ1v) is 10.7. The van der Waals surface area contributed by atoms with Crippen LogP contribution in [0.3, 0.4) is 0 Å². The van der Waals surface area contributed by atoms with E-state index in [-0.39, 0.29) is 27.3 Å².